The van der Waals surface area contributed by atoms with E-state index in [1.54, 1.807) is 17.1 Å². The highest BCUT2D eigenvalue weighted by Gasteiger charge is 1.98. The van der Waals surface area contributed by atoms with Crippen LogP contribution in [0.4, 0.5) is 5.69 Å². The third kappa shape index (κ3) is 5.92. The van der Waals surface area contributed by atoms with Gasteiger partial charge in [-0.3, -0.25) is 5.01 Å². The van der Waals surface area contributed by atoms with Crippen LogP contribution in [0.25, 0.3) is 12.2 Å². The van der Waals surface area contributed by atoms with E-state index in [0.717, 1.165) is 16.8 Å². The van der Waals surface area contributed by atoms with Crippen LogP contribution in [0.1, 0.15) is 11.1 Å². The van der Waals surface area contributed by atoms with E-state index in [1.807, 2.05) is 62.6 Å². The van der Waals surface area contributed by atoms with Crippen LogP contribution in [-0.2, 0) is 4.79 Å². The third-order valence-electron chi connectivity index (χ3n) is 2.94. The molecule has 0 bridgehead atoms. The van der Waals surface area contributed by atoms with Gasteiger partial charge in [0.2, 0.25) is 0 Å². The minimum Gasteiger partial charge on any atom is -0.482 e. The number of nitrogens with zero attached hydrogens (tertiary/aromatic N) is 3. The monoisotopic (exact) mass is 325 g/mol. The van der Waals surface area contributed by atoms with Crippen LogP contribution in [0.5, 0.6) is 5.75 Å². The van der Waals surface area contributed by atoms with Gasteiger partial charge in [0.15, 0.2) is 6.61 Å². The highest BCUT2D eigenvalue weighted by atomic mass is 16.5. The van der Waals surface area contributed by atoms with Gasteiger partial charge in [-0.1, -0.05) is 41.6 Å². The van der Waals surface area contributed by atoms with E-state index in [2.05, 4.69) is 10.3 Å². The van der Waals surface area contributed by atoms with Crippen molar-refractivity contribution < 1.29 is 14.6 Å². The van der Waals surface area contributed by atoms with Crippen molar-refractivity contribution in [3.8, 4) is 5.75 Å². The number of hydrogen-bond donors (Lipinski definition) is 1. The SMILES string of the molecule is CN(C)N=Nc1ccc(/C=C/c2ccc(OCC(=O)O)cc2)cc1. The molecule has 6 heteroatoms. The Morgan fingerprint density at radius 1 is 1.04 bits per heavy atom. The highest BCUT2D eigenvalue weighted by Crippen LogP contribution is 2.17. The molecule has 0 atom stereocenters. The van der Waals surface area contributed by atoms with Gasteiger partial charge in [0.05, 0.1) is 5.69 Å². The van der Waals surface area contributed by atoms with Crippen LogP contribution < -0.4 is 4.74 Å². The summed E-state index contributed by atoms with van der Waals surface area (Å²) in [5.74, 6) is -0.460. The first kappa shape index (κ1) is 17.2. The van der Waals surface area contributed by atoms with E-state index >= 15 is 0 Å². The summed E-state index contributed by atoms with van der Waals surface area (Å²) in [5.41, 5.74) is 2.83. The second kappa shape index (κ2) is 8.47. The van der Waals surface area contributed by atoms with Gasteiger partial charge in [0.25, 0.3) is 0 Å². The number of benzene rings is 2. The topological polar surface area (TPSA) is 74.5 Å². The summed E-state index contributed by atoms with van der Waals surface area (Å²) in [6, 6.07) is 14.9. The lowest BCUT2D eigenvalue weighted by atomic mass is 10.1. The van der Waals surface area contributed by atoms with Crippen LogP contribution in [0.3, 0.4) is 0 Å². The zero-order valence-corrected chi connectivity index (χ0v) is 13.6. The second-order valence-electron chi connectivity index (χ2n) is 5.21. The highest BCUT2D eigenvalue weighted by molar-refractivity contribution is 5.70. The van der Waals surface area contributed by atoms with Gasteiger partial charge >= 0.3 is 5.97 Å². The van der Waals surface area contributed by atoms with Crippen molar-refractivity contribution in [3.63, 3.8) is 0 Å². The Morgan fingerprint density at radius 3 is 2.08 bits per heavy atom. The third-order valence-corrected chi connectivity index (χ3v) is 2.94. The molecule has 0 heterocycles. The van der Waals surface area contributed by atoms with Gasteiger partial charge in [0.1, 0.15) is 5.75 Å². The quantitative estimate of drug-likeness (QED) is 0.476. The summed E-state index contributed by atoms with van der Waals surface area (Å²) in [7, 11) is 3.64. The van der Waals surface area contributed by atoms with E-state index in [4.69, 9.17) is 9.84 Å². The molecule has 0 aliphatic carbocycles. The number of aliphatic carboxylic acids is 1. The molecule has 124 valence electrons. The van der Waals surface area contributed by atoms with Crippen LogP contribution in [0.2, 0.25) is 0 Å². The lowest BCUT2D eigenvalue weighted by Gasteiger charge is -2.03. The second-order valence-corrected chi connectivity index (χ2v) is 5.21. The molecular weight excluding hydrogens is 306 g/mol. The molecular formula is C18H19N3O3. The summed E-state index contributed by atoms with van der Waals surface area (Å²) in [4.78, 5) is 10.4. The molecule has 0 saturated heterocycles. The van der Waals surface area contributed by atoms with Crippen LogP contribution in [-0.4, -0.2) is 36.8 Å². The Bertz CT molecular complexity index is 720. The molecule has 2 aromatic carbocycles. The fraction of sp³-hybridized carbons (Fsp3) is 0.167. The summed E-state index contributed by atoms with van der Waals surface area (Å²) >= 11 is 0. The first-order valence-electron chi connectivity index (χ1n) is 7.35. The summed E-state index contributed by atoms with van der Waals surface area (Å²) in [5, 5.41) is 18.2. The molecule has 0 fully saturated rings. The van der Waals surface area contributed by atoms with Crippen molar-refractivity contribution in [2.75, 3.05) is 20.7 Å². The zero-order chi connectivity index (χ0) is 17.4. The van der Waals surface area contributed by atoms with E-state index in [0.29, 0.717) is 5.75 Å². The average Bonchev–Trinajstić information content (AvgIpc) is 2.58. The van der Waals surface area contributed by atoms with E-state index < -0.39 is 5.97 Å². The Hall–Kier alpha value is -3.15. The van der Waals surface area contributed by atoms with Crippen molar-refractivity contribution >= 4 is 23.8 Å². The number of carboxylic acid groups (broad SMARTS) is 1. The van der Waals surface area contributed by atoms with Crippen LogP contribution in [0.15, 0.2) is 58.9 Å². The summed E-state index contributed by atoms with van der Waals surface area (Å²) in [6.07, 6.45) is 3.96. The van der Waals surface area contributed by atoms with Crippen molar-refractivity contribution in [2.24, 2.45) is 10.3 Å². The Balaban J connectivity index is 1.96. The molecule has 2 aromatic rings. The Morgan fingerprint density at radius 2 is 1.58 bits per heavy atom. The molecule has 0 saturated carbocycles. The lowest BCUT2D eigenvalue weighted by molar-refractivity contribution is -0.139. The first-order valence-corrected chi connectivity index (χ1v) is 7.35. The maximum atomic E-state index is 10.4. The van der Waals surface area contributed by atoms with Crippen LogP contribution >= 0.6 is 0 Å². The number of carbonyl (C=O) groups is 1. The number of rotatable bonds is 7. The number of carboxylic acids is 1. The minimum absolute atomic E-state index is 0.341. The molecule has 0 unspecified atom stereocenters. The summed E-state index contributed by atoms with van der Waals surface area (Å²) < 4.78 is 5.09. The number of hydrogen-bond acceptors (Lipinski definition) is 4. The van der Waals surface area contributed by atoms with Crippen molar-refractivity contribution in [2.45, 2.75) is 0 Å². The first-order chi connectivity index (χ1) is 11.5. The molecule has 0 radical (unpaired) electrons. The molecule has 0 aliphatic rings. The predicted molar refractivity (Wildman–Crippen MR) is 93.1 cm³/mol. The van der Waals surface area contributed by atoms with Crippen molar-refractivity contribution in [3.05, 3.63) is 59.7 Å². The van der Waals surface area contributed by atoms with E-state index in [1.165, 1.54) is 0 Å². The molecule has 24 heavy (non-hydrogen) atoms. The molecule has 0 aliphatic heterocycles. The maximum absolute atomic E-state index is 10.4. The van der Waals surface area contributed by atoms with Gasteiger partial charge in [-0.05, 0) is 35.4 Å². The van der Waals surface area contributed by atoms with Gasteiger partial charge in [-0.25, -0.2) is 4.79 Å². The molecule has 0 aromatic heterocycles. The predicted octanol–water partition coefficient (Wildman–Crippen LogP) is 3.88. The molecule has 0 amide bonds. The van der Waals surface area contributed by atoms with Crippen molar-refractivity contribution in [1.82, 2.24) is 5.01 Å². The Kier molecular flexibility index (Phi) is 6.08. The lowest BCUT2D eigenvalue weighted by Crippen LogP contribution is -2.09. The molecule has 0 spiro atoms. The van der Waals surface area contributed by atoms with Gasteiger partial charge in [-0.15, -0.1) is 5.11 Å². The largest absolute Gasteiger partial charge is 0.482 e. The molecule has 6 nitrogen and oxygen atoms in total. The van der Waals surface area contributed by atoms with E-state index in [-0.39, 0.29) is 6.61 Å². The standard InChI is InChI=1S/C18H19N3O3/c1-21(2)20-19-16-9-5-14(6-10-16)3-4-15-7-11-17(12-8-15)24-13-18(22)23/h3-12H,13H2,1-2H3,(H,22,23)/b4-3+,20-19?. The minimum atomic E-state index is -0.993. The smallest absolute Gasteiger partial charge is 0.341 e. The summed E-state index contributed by atoms with van der Waals surface area (Å²) in [6.45, 7) is -0.341. The van der Waals surface area contributed by atoms with E-state index in [9.17, 15) is 4.79 Å². The average molecular weight is 325 g/mol. The van der Waals surface area contributed by atoms with Crippen molar-refractivity contribution in [1.29, 1.82) is 0 Å². The van der Waals surface area contributed by atoms with Gasteiger partial charge in [0, 0.05) is 14.1 Å². The van der Waals surface area contributed by atoms with Crippen LogP contribution in [0, 0.1) is 0 Å². The van der Waals surface area contributed by atoms with Gasteiger partial charge in [-0.2, -0.15) is 0 Å². The maximum Gasteiger partial charge on any atom is 0.341 e. The Labute approximate surface area is 140 Å². The fourth-order valence-corrected chi connectivity index (χ4v) is 1.81. The normalized spacial score (nSPS) is 11.1. The fourth-order valence-electron chi connectivity index (χ4n) is 1.81. The van der Waals surface area contributed by atoms with Gasteiger partial charge < -0.3 is 9.84 Å². The number of ether oxygens (including phenoxy) is 1. The zero-order valence-electron chi connectivity index (χ0n) is 13.6. The molecule has 1 N–H and O–H groups in total. The molecule has 2 rings (SSSR count).